The maximum atomic E-state index is 5.67. The highest BCUT2D eigenvalue weighted by atomic mass is 16.5. The number of ether oxygens (including phenoxy) is 1. The average molecular weight is 200 g/mol. The maximum absolute atomic E-state index is 5.67. The third-order valence-corrected chi connectivity index (χ3v) is 2.12. The van der Waals surface area contributed by atoms with E-state index in [1.807, 2.05) is 38.1 Å². The molecule has 0 aliphatic heterocycles. The van der Waals surface area contributed by atoms with Crippen LogP contribution < -0.4 is 4.74 Å². The molecule has 15 heavy (non-hydrogen) atoms. The number of pyridine rings is 2. The summed E-state index contributed by atoms with van der Waals surface area (Å²) in [7, 11) is 0. The fraction of sp³-hybridized carbons (Fsp3) is 0.167. The molecule has 3 heteroatoms. The summed E-state index contributed by atoms with van der Waals surface area (Å²) in [5.74, 6) is 1.38. The zero-order valence-electron chi connectivity index (χ0n) is 8.77. The molecule has 0 spiro atoms. The van der Waals surface area contributed by atoms with E-state index in [1.165, 1.54) is 0 Å². The summed E-state index contributed by atoms with van der Waals surface area (Å²) in [5, 5.41) is 0. The van der Waals surface area contributed by atoms with E-state index in [9.17, 15) is 0 Å². The Morgan fingerprint density at radius 2 is 1.87 bits per heavy atom. The van der Waals surface area contributed by atoms with Crippen molar-refractivity contribution in [3.63, 3.8) is 0 Å². The largest absolute Gasteiger partial charge is 0.437 e. The van der Waals surface area contributed by atoms with Crippen molar-refractivity contribution in [2.24, 2.45) is 0 Å². The molecule has 0 radical (unpaired) electrons. The molecule has 0 aromatic carbocycles. The topological polar surface area (TPSA) is 35.0 Å². The molecule has 0 saturated carbocycles. The summed E-state index contributed by atoms with van der Waals surface area (Å²) in [6.45, 7) is 3.91. The van der Waals surface area contributed by atoms with Crippen LogP contribution in [0, 0.1) is 13.8 Å². The molecule has 0 unspecified atom stereocenters. The van der Waals surface area contributed by atoms with Crippen LogP contribution >= 0.6 is 0 Å². The molecule has 3 nitrogen and oxygen atoms in total. The van der Waals surface area contributed by atoms with Gasteiger partial charge in [-0.15, -0.1) is 0 Å². The van der Waals surface area contributed by atoms with Gasteiger partial charge in [0, 0.05) is 18.5 Å². The van der Waals surface area contributed by atoms with Crippen molar-refractivity contribution in [1.82, 2.24) is 9.97 Å². The molecule has 0 bridgehead atoms. The zero-order chi connectivity index (χ0) is 10.7. The summed E-state index contributed by atoms with van der Waals surface area (Å²) in [6, 6.07) is 7.50. The number of rotatable bonds is 2. The Bertz CT molecular complexity index is 434. The lowest BCUT2D eigenvalue weighted by Crippen LogP contribution is -1.94. The number of aryl methyl sites for hydroxylation is 2. The predicted octanol–water partition coefficient (Wildman–Crippen LogP) is 2.89. The van der Waals surface area contributed by atoms with Gasteiger partial charge in [0.25, 0.3) is 0 Å². The van der Waals surface area contributed by atoms with Crippen LogP contribution in [0.1, 0.15) is 11.3 Å². The van der Waals surface area contributed by atoms with Crippen molar-refractivity contribution in [3.8, 4) is 11.6 Å². The number of aromatic nitrogens is 2. The van der Waals surface area contributed by atoms with Gasteiger partial charge < -0.3 is 4.74 Å². The minimum absolute atomic E-state index is 0.594. The molecule has 0 saturated heterocycles. The SMILES string of the molecule is Cc1ccnc(C)c1Oc1ccccn1. The first-order valence-corrected chi connectivity index (χ1v) is 4.78. The smallest absolute Gasteiger partial charge is 0.219 e. The molecule has 0 amide bonds. The monoisotopic (exact) mass is 200 g/mol. The third kappa shape index (κ3) is 2.13. The molecule has 76 valence electrons. The van der Waals surface area contributed by atoms with Gasteiger partial charge in [0.05, 0.1) is 5.69 Å². The van der Waals surface area contributed by atoms with E-state index in [4.69, 9.17) is 4.74 Å². The van der Waals surface area contributed by atoms with Gasteiger partial charge in [-0.3, -0.25) is 4.98 Å². The standard InChI is InChI=1S/C12H12N2O/c1-9-6-8-13-10(2)12(9)15-11-5-3-4-7-14-11/h3-8H,1-2H3. The second kappa shape index (κ2) is 4.09. The van der Waals surface area contributed by atoms with Gasteiger partial charge >= 0.3 is 0 Å². The molecular weight excluding hydrogens is 188 g/mol. The Balaban J connectivity index is 2.32. The summed E-state index contributed by atoms with van der Waals surface area (Å²) in [4.78, 5) is 8.29. The van der Waals surface area contributed by atoms with Crippen molar-refractivity contribution in [2.45, 2.75) is 13.8 Å². The van der Waals surface area contributed by atoms with Crippen LogP contribution in [0.2, 0.25) is 0 Å². The quantitative estimate of drug-likeness (QED) is 0.747. The molecule has 0 atom stereocenters. The molecule has 0 aliphatic rings. The summed E-state index contributed by atoms with van der Waals surface area (Å²) < 4.78 is 5.67. The molecule has 2 aromatic heterocycles. The Kier molecular flexibility index (Phi) is 2.63. The first-order valence-electron chi connectivity index (χ1n) is 4.78. The highest BCUT2D eigenvalue weighted by molar-refractivity contribution is 5.37. The van der Waals surface area contributed by atoms with Gasteiger partial charge in [-0.05, 0) is 31.5 Å². The van der Waals surface area contributed by atoms with Gasteiger partial charge in [-0.1, -0.05) is 6.07 Å². The lowest BCUT2D eigenvalue weighted by Gasteiger charge is -2.09. The summed E-state index contributed by atoms with van der Waals surface area (Å²) in [6.07, 6.45) is 3.48. The van der Waals surface area contributed by atoms with Crippen LogP contribution in [-0.4, -0.2) is 9.97 Å². The van der Waals surface area contributed by atoms with Crippen LogP contribution in [0.25, 0.3) is 0 Å². The first kappa shape index (κ1) is 9.65. The fourth-order valence-corrected chi connectivity index (χ4v) is 1.35. The first-order chi connectivity index (χ1) is 7.27. The van der Waals surface area contributed by atoms with Crippen LogP contribution in [0.4, 0.5) is 0 Å². The van der Waals surface area contributed by atoms with Gasteiger partial charge in [0.1, 0.15) is 0 Å². The highest BCUT2D eigenvalue weighted by Gasteiger charge is 2.05. The summed E-state index contributed by atoms with van der Waals surface area (Å²) >= 11 is 0. The molecule has 2 heterocycles. The zero-order valence-corrected chi connectivity index (χ0v) is 8.77. The Morgan fingerprint density at radius 3 is 2.53 bits per heavy atom. The van der Waals surface area contributed by atoms with Crippen molar-refractivity contribution < 1.29 is 4.74 Å². The molecule has 2 aromatic rings. The van der Waals surface area contributed by atoms with E-state index in [-0.39, 0.29) is 0 Å². The van der Waals surface area contributed by atoms with Crippen LogP contribution in [-0.2, 0) is 0 Å². The second-order valence-electron chi connectivity index (χ2n) is 3.31. The number of hydrogen-bond acceptors (Lipinski definition) is 3. The van der Waals surface area contributed by atoms with Crippen LogP contribution in [0.3, 0.4) is 0 Å². The lowest BCUT2D eigenvalue weighted by molar-refractivity contribution is 0.453. The third-order valence-electron chi connectivity index (χ3n) is 2.12. The highest BCUT2D eigenvalue weighted by Crippen LogP contribution is 2.25. The number of hydrogen-bond donors (Lipinski definition) is 0. The van der Waals surface area contributed by atoms with E-state index in [2.05, 4.69) is 9.97 Å². The Labute approximate surface area is 88.8 Å². The Hall–Kier alpha value is -1.90. The van der Waals surface area contributed by atoms with Gasteiger partial charge in [-0.2, -0.15) is 0 Å². The Morgan fingerprint density at radius 1 is 1.00 bits per heavy atom. The predicted molar refractivity (Wildman–Crippen MR) is 58.0 cm³/mol. The minimum Gasteiger partial charge on any atom is -0.437 e. The van der Waals surface area contributed by atoms with E-state index >= 15 is 0 Å². The van der Waals surface area contributed by atoms with Crippen molar-refractivity contribution in [2.75, 3.05) is 0 Å². The molecule has 0 fully saturated rings. The normalized spacial score (nSPS) is 10.0. The molecular formula is C12H12N2O. The maximum Gasteiger partial charge on any atom is 0.219 e. The fourth-order valence-electron chi connectivity index (χ4n) is 1.35. The van der Waals surface area contributed by atoms with E-state index < -0.39 is 0 Å². The van der Waals surface area contributed by atoms with E-state index in [0.717, 1.165) is 17.0 Å². The van der Waals surface area contributed by atoms with Crippen molar-refractivity contribution >= 4 is 0 Å². The van der Waals surface area contributed by atoms with Crippen molar-refractivity contribution in [3.05, 3.63) is 47.9 Å². The number of nitrogens with zero attached hydrogens (tertiary/aromatic N) is 2. The molecule has 2 rings (SSSR count). The van der Waals surface area contributed by atoms with Gasteiger partial charge in [0.15, 0.2) is 5.75 Å². The van der Waals surface area contributed by atoms with Gasteiger partial charge in [0.2, 0.25) is 5.88 Å². The summed E-state index contributed by atoms with van der Waals surface area (Å²) in [5.41, 5.74) is 1.94. The van der Waals surface area contributed by atoms with Gasteiger partial charge in [-0.25, -0.2) is 4.98 Å². The van der Waals surface area contributed by atoms with Crippen LogP contribution in [0.5, 0.6) is 11.6 Å². The lowest BCUT2D eigenvalue weighted by atomic mass is 10.2. The van der Waals surface area contributed by atoms with E-state index in [1.54, 1.807) is 12.4 Å². The molecule has 0 N–H and O–H groups in total. The molecule has 0 aliphatic carbocycles. The van der Waals surface area contributed by atoms with Crippen molar-refractivity contribution in [1.29, 1.82) is 0 Å². The van der Waals surface area contributed by atoms with E-state index in [0.29, 0.717) is 5.88 Å². The minimum atomic E-state index is 0.594. The van der Waals surface area contributed by atoms with Crippen LogP contribution in [0.15, 0.2) is 36.7 Å². The second-order valence-corrected chi connectivity index (χ2v) is 3.31. The average Bonchev–Trinajstić information content (AvgIpc) is 2.25.